The molecule has 1 spiro atoms. The summed E-state index contributed by atoms with van der Waals surface area (Å²) in [6, 6.07) is 5.94. The van der Waals surface area contributed by atoms with Crippen molar-refractivity contribution < 1.29 is 33.8 Å². The van der Waals surface area contributed by atoms with E-state index in [1.165, 1.54) is 4.90 Å². The Balaban J connectivity index is 1.67. The van der Waals surface area contributed by atoms with Gasteiger partial charge in [-0.15, -0.1) is 13.2 Å². The van der Waals surface area contributed by atoms with Crippen molar-refractivity contribution in [2.24, 2.45) is 11.8 Å². The van der Waals surface area contributed by atoms with Gasteiger partial charge < -0.3 is 34.6 Å². The first kappa shape index (κ1) is 36.6. The third-order valence-electron chi connectivity index (χ3n) is 9.66. The topological polar surface area (TPSA) is 129 Å². The summed E-state index contributed by atoms with van der Waals surface area (Å²) in [4.78, 5) is 60.0. The fourth-order valence-electron chi connectivity index (χ4n) is 7.35. The Morgan fingerprint density at radius 2 is 1.83 bits per heavy atom. The van der Waals surface area contributed by atoms with Crippen LogP contribution < -0.4 is 15.1 Å². The molecule has 0 radical (unpaired) electrons. The highest BCUT2D eigenvalue weighted by Gasteiger charge is 2.77. The van der Waals surface area contributed by atoms with Crippen LogP contribution in [-0.2, 0) is 28.7 Å². The minimum Gasteiger partial charge on any atom is -0.460 e. The van der Waals surface area contributed by atoms with Crippen LogP contribution in [-0.4, -0.2) is 101 Å². The van der Waals surface area contributed by atoms with Gasteiger partial charge in [-0.2, -0.15) is 0 Å². The standard InChI is InChI=1S/C35H49BrN4O7/c1-7-12-13-27(42)37-20-22(6)46-34(45)28-29-32(43)40(23(9-3)21-41)31(35(29)19-26(36)30(28)47-35)33(44)39(18-8-2)25-16-14-24(15-17-25)38(10-4)11-5/h7-8,14-17,22-23,26,28-31,41H,1-2,9-13,18-21H2,3-6H3,(H,37,42)/t22-,23-,26?,28-,29+,30-,31-,35+/m0/s1. The molecule has 2 N–H and O–H groups in total. The average molecular weight is 718 g/mol. The second-order valence-corrected chi connectivity index (χ2v) is 13.6. The van der Waals surface area contributed by atoms with Crippen molar-refractivity contribution in [3.05, 3.63) is 49.6 Å². The number of halogens is 1. The van der Waals surface area contributed by atoms with Crippen molar-refractivity contribution in [3.8, 4) is 0 Å². The number of nitrogens with zero attached hydrogens (tertiary/aromatic N) is 3. The second kappa shape index (κ2) is 15.8. The number of carbonyl (C=O) groups is 4. The highest BCUT2D eigenvalue weighted by Crippen LogP contribution is 2.61. The van der Waals surface area contributed by atoms with E-state index in [0.29, 0.717) is 24.9 Å². The monoisotopic (exact) mass is 716 g/mol. The first-order chi connectivity index (χ1) is 22.5. The zero-order chi connectivity index (χ0) is 34.5. The third-order valence-corrected chi connectivity index (χ3v) is 10.5. The molecule has 0 saturated carbocycles. The molecule has 1 aromatic rings. The average Bonchev–Trinajstić information content (AvgIpc) is 3.66. The van der Waals surface area contributed by atoms with Gasteiger partial charge >= 0.3 is 5.97 Å². The van der Waals surface area contributed by atoms with Gasteiger partial charge in [0.05, 0.1) is 37.1 Å². The number of ether oxygens (including phenoxy) is 2. The van der Waals surface area contributed by atoms with E-state index in [0.717, 1.165) is 18.8 Å². The molecule has 0 aliphatic carbocycles. The molecule has 4 rings (SSSR count). The first-order valence-corrected chi connectivity index (χ1v) is 17.5. The zero-order valence-electron chi connectivity index (χ0n) is 27.9. The summed E-state index contributed by atoms with van der Waals surface area (Å²) in [5, 5.41) is 13.2. The summed E-state index contributed by atoms with van der Waals surface area (Å²) >= 11 is 3.69. The Kier molecular flexibility index (Phi) is 12.3. The maximum atomic E-state index is 14.8. The summed E-state index contributed by atoms with van der Waals surface area (Å²) in [7, 11) is 0. The van der Waals surface area contributed by atoms with Crippen LogP contribution in [0.3, 0.4) is 0 Å². The van der Waals surface area contributed by atoms with Gasteiger partial charge in [0.15, 0.2) is 0 Å². The molecule has 0 aromatic heterocycles. The van der Waals surface area contributed by atoms with E-state index in [-0.39, 0.29) is 42.8 Å². The van der Waals surface area contributed by atoms with Gasteiger partial charge in [-0.25, -0.2) is 0 Å². The smallest absolute Gasteiger partial charge is 0.312 e. The van der Waals surface area contributed by atoms with Crippen molar-refractivity contribution in [2.75, 3.05) is 42.6 Å². The molecule has 3 amide bonds. The number of nitrogens with one attached hydrogen (secondary N) is 1. The molecule has 12 heteroatoms. The largest absolute Gasteiger partial charge is 0.460 e. The Morgan fingerprint density at radius 1 is 1.17 bits per heavy atom. The van der Waals surface area contributed by atoms with Crippen LogP contribution in [0.15, 0.2) is 49.6 Å². The van der Waals surface area contributed by atoms with Crippen molar-refractivity contribution in [1.29, 1.82) is 0 Å². The van der Waals surface area contributed by atoms with E-state index < -0.39 is 53.6 Å². The number of hydrogen-bond acceptors (Lipinski definition) is 8. The summed E-state index contributed by atoms with van der Waals surface area (Å²) in [6.45, 7) is 16.8. The molecular weight excluding hydrogens is 668 g/mol. The van der Waals surface area contributed by atoms with E-state index in [1.54, 1.807) is 24.0 Å². The highest BCUT2D eigenvalue weighted by molar-refractivity contribution is 9.09. The van der Waals surface area contributed by atoms with Gasteiger partial charge in [0.2, 0.25) is 11.8 Å². The molecule has 3 aliphatic heterocycles. The van der Waals surface area contributed by atoms with Gasteiger partial charge in [0.1, 0.15) is 17.7 Å². The van der Waals surface area contributed by atoms with Crippen LogP contribution in [0, 0.1) is 11.8 Å². The summed E-state index contributed by atoms with van der Waals surface area (Å²) in [6.07, 6.45) is 3.47. The number of likely N-dealkylation sites (tertiary alicyclic amines) is 1. The zero-order valence-corrected chi connectivity index (χ0v) is 29.5. The predicted octanol–water partition coefficient (Wildman–Crippen LogP) is 3.58. The SMILES string of the molecule is C=CCCC(=O)NC[C@H](C)OC(=O)[C@@H]1[C@H]2O[C@@]3(CC2Br)[C@H](C(=O)N(CC=C)c2ccc(N(CC)CC)cc2)N([C@@H](CC)CO)C(=O)[C@@H]13. The molecule has 258 valence electrons. The van der Waals surface area contributed by atoms with E-state index >= 15 is 0 Å². The highest BCUT2D eigenvalue weighted by atomic mass is 79.9. The number of anilines is 2. The van der Waals surface area contributed by atoms with E-state index in [2.05, 4.69) is 53.2 Å². The second-order valence-electron chi connectivity index (χ2n) is 12.5. The number of fused-ring (bicyclic) bond motifs is 1. The lowest BCUT2D eigenvalue weighted by Crippen LogP contribution is -2.59. The van der Waals surface area contributed by atoms with E-state index in [4.69, 9.17) is 9.47 Å². The minimum atomic E-state index is -1.32. The maximum Gasteiger partial charge on any atom is 0.312 e. The van der Waals surface area contributed by atoms with Crippen LogP contribution in [0.2, 0.25) is 0 Å². The Morgan fingerprint density at radius 3 is 2.40 bits per heavy atom. The molecule has 2 bridgehead atoms. The van der Waals surface area contributed by atoms with Gasteiger partial charge in [0, 0.05) is 42.3 Å². The van der Waals surface area contributed by atoms with Crippen molar-refractivity contribution >= 4 is 51.0 Å². The summed E-state index contributed by atoms with van der Waals surface area (Å²) in [5.74, 6) is -3.53. The normalized spacial score (nSPS) is 27.1. The molecule has 1 aromatic carbocycles. The quantitative estimate of drug-likeness (QED) is 0.142. The Bertz CT molecular complexity index is 1320. The number of alkyl halides is 1. The maximum absolute atomic E-state index is 14.8. The Hall–Kier alpha value is -3.22. The number of allylic oxidation sites excluding steroid dienone is 1. The predicted molar refractivity (Wildman–Crippen MR) is 184 cm³/mol. The van der Waals surface area contributed by atoms with E-state index in [9.17, 15) is 24.3 Å². The number of rotatable bonds is 17. The minimum absolute atomic E-state index is 0.112. The molecule has 8 atom stereocenters. The number of hydrogen-bond donors (Lipinski definition) is 2. The lowest BCUT2D eigenvalue weighted by atomic mass is 9.70. The molecule has 3 fully saturated rings. The van der Waals surface area contributed by atoms with Crippen LogP contribution in [0.4, 0.5) is 11.4 Å². The molecule has 11 nitrogen and oxygen atoms in total. The number of benzene rings is 1. The number of amides is 3. The number of carbonyl (C=O) groups excluding carboxylic acids is 4. The van der Waals surface area contributed by atoms with Crippen LogP contribution in [0.1, 0.15) is 53.4 Å². The first-order valence-electron chi connectivity index (χ1n) is 16.6. The number of esters is 1. The van der Waals surface area contributed by atoms with Crippen LogP contribution in [0.25, 0.3) is 0 Å². The number of aliphatic hydroxyl groups is 1. The lowest BCUT2D eigenvalue weighted by molar-refractivity contribution is -0.159. The molecular formula is C35H49BrN4O7. The molecule has 1 unspecified atom stereocenters. The van der Waals surface area contributed by atoms with Gasteiger partial charge in [-0.05, 0) is 64.3 Å². The van der Waals surface area contributed by atoms with Crippen LogP contribution >= 0.6 is 15.9 Å². The Labute approximate surface area is 286 Å². The molecule has 3 saturated heterocycles. The van der Waals surface area contributed by atoms with Gasteiger partial charge in [-0.1, -0.05) is 35.0 Å². The fraction of sp³-hybridized carbons (Fsp3) is 0.600. The fourth-order valence-corrected chi connectivity index (χ4v) is 8.30. The van der Waals surface area contributed by atoms with Crippen molar-refractivity contribution in [2.45, 2.75) is 88.1 Å². The molecule has 47 heavy (non-hydrogen) atoms. The van der Waals surface area contributed by atoms with Gasteiger partial charge in [0.25, 0.3) is 5.91 Å². The van der Waals surface area contributed by atoms with E-state index in [1.807, 2.05) is 31.2 Å². The number of aliphatic hydroxyl groups excluding tert-OH is 1. The van der Waals surface area contributed by atoms with Gasteiger partial charge in [-0.3, -0.25) is 19.2 Å². The lowest BCUT2D eigenvalue weighted by Gasteiger charge is -2.39. The van der Waals surface area contributed by atoms with Crippen molar-refractivity contribution in [3.63, 3.8) is 0 Å². The van der Waals surface area contributed by atoms with Crippen LogP contribution in [0.5, 0.6) is 0 Å². The van der Waals surface area contributed by atoms with Crippen molar-refractivity contribution in [1.82, 2.24) is 10.2 Å². The third kappa shape index (κ3) is 7.00. The summed E-state index contributed by atoms with van der Waals surface area (Å²) < 4.78 is 12.4. The summed E-state index contributed by atoms with van der Waals surface area (Å²) in [5.41, 5.74) is 0.347. The molecule has 3 aliphatic rings. The molecule has 3 heterocycles.